The summed E-state index contributed by atoms with van der Waals surface area (Å²) in [5, 5.41) is 0. The van der Waals surface area contributed by atoms with Gasteiger partial charge in [0.05, 0.1) is 0 Å². The molecule has 0 spiro atoms. The Labute approximate surface area is 92.7 Å². The molecule has 1 atom stereocenters. The summed E-state index contributed by atoms with van der Waals surface area (Å²) >= 11 is 3.63. The fourth-order valence-corrected chi connectivity index (χ4v) is 2.34. The van der Waals surface area contributed by atoms with Crippen LogP contribution in [0.4, 0.5) is 5.82 Å². The third-order valence-electron chi connectivity index (χ3n) is 2.41. The van der Waals surface area contributed by atoms with Crippen molar-refractivity contribution in [2.75, 3.05) is 18.0 Å². The lowest BCUT2D eigenvalue weighted by molar-refractivity contribution is 0.901. The fourth-order valence-electron chi connectivity index (χ4n) is 1.79. The second kappa shape index (κ2) is 3.85. The Morgan fingerprint density at radius 2 is 2.21 bits per heavy atom. The van der Waals surface area contributed by atoms with E-state index in [4.69, 9.17) is 0 Å². The molecule has 2 rings (SSSR count). The first-order valence-electron chi connectivity index (χ1n) is 4.86. The number of anilines is 1. The van der Waals surface area contributed by atoms with Crippen molar-refractivity contribution in [2.45, 2.75) is 25.1 Å². The summed E-state index contributed by atoms with van der Waals surface area (Å²) in [6, 6.07) is 2.05. The molecule has 4 heteroatoms. The minimum absolute atomic E-state index is 0.609. The molecule has 0 radical (unpaired) electrons. The molecule has 3 nitrogen and oxygen atoms in total. The van der Waals surface area contributed by atoms with Crippen LogP contribution >= 0.6 is 15.9 Å². The highest BCUT2D eigenvalue weighted by atomic mass is 79.9. The van der Waals surface area contributed by atoms with E-state index in [2.05, 4.69) is 36.9 Å². The SMILES string of the molecule is Cc1cc(N2CCC(Br)C2)nc(C)n1. The van der Waals surface area contributed by atoms with Crippen molar-refractivity contribution in [3.8, 4) is 0 Å². The highest BCUT2D eigenvalue weighted by Crippen LogP contribution is 2.22. The topological polar surface area (TPSA) is 29.0 Å². The number of hydrogen-bond acceptors (Lipinski definition) is 3. The molecule has 76 valence electrons. The predicted molar refractivity (Wildman–Crippen MR) is 61.1 cm³/mol. The van der Waals surface area contributed by atoms with Gasteiger partial charge in [0.2, 0.25) is 0 Å². The van der Waals surface area contributed by atoms with Crippen LogP contribution in [0.3, 0.4) is 0 Å². The molecule has 1 fully saturated rings. The van der Waals surface area contributed by atoms with Crippen LogP contribution < -0.4 is 4.90 Å². The molecule has 1 aromatic rings. The number of halogens is 1. The Morgan fingerprint density at radius 1 is 1.43 bits per heavy atom. The van der Waals surface area contributed by atoms with Crippen LogP contribution in [-0.4, -0.2) is 27.9 Å². The zero-order valence-corrected chi connectivity index (χ0v) is 10.1. The summed E-state index contributed by atoms with van der Waals surface area (Å²) in [5.41, 5.74) is 1.05. The minimum Gasteiger partial charge on any atom is -0.355 e. The van der Waals surface area contributed by atoms with E-state index in [9.17, 15) is 0 Å². The van der Waals surface area contributed by atoms with Crippen molar-refractivity contribution >= 4 is 21.7 Å². The van der Waals surface area contributed by atoms with Crippen LogP contribution in [0.15, 0.2) is 6.07 Å². The predicted octanol–water partition coefficient (Wildman–Crippen LogP) is 2.07. The number of aromatic nitrogens is 2. The van der Waals surface area contributed by atoms with E-state index in [1.54, 1.807) is 0 Å². The van der Waals surface area contributed by atoms with E-state index in [1.165, 1.54) is 6.42 Å². The van der Waals surface area contributed by atoms with Crippen LogP contribution in [0.25, 0.3) is 0 Å². The van der Waals surface area contributed by atoms with Crippen LogP contribution in [-0.2, 0) is 0 Å². The van der Waals surface area contributed by atoms with Crippen molar-refractivity contribution in [3.05, 3.63) is 17.6 Å². The molecule has 1 aliphatic heterocycles. The molecule has 0 aliphatic carbocycles. The third kappa shape index (κ3) is 2.05. The molecule has 0 saturated carbocycles. The zero-order chi connectivity index (χ0) is 10.1. The molecule has 1 unspecified atom stereocenters. The van der Waals surface area contributed by atoms with Crippen molar-refractivity contribution in [1.29, 1.82) is 0 Å². The highest BCUT2D eigenvalue weighted by Gasteiger charge is 2.21. The first-order chi connectivity index (χ1) is 6.65. The molecule has 0 bridgehead atoms. The largest absolute Gasteiger partial charge is 0.355 e. The Balaban J connectivity index is 2.23. The normalized spacial score (nSPS) is 21.6. The van der Waals surface area contributed by atoms with E-state index < -0.39 is 0 Å². The van der Waals surface area contributed by atoms with Crippen molar-refractivity contribution in [2.24, 2.45) is 0 Å². The first-order valence-corrected chi connectivity index (χ1v) is 5.78. The minimum atomic E-state index is 0.609. The van der Waals surface area contributed by atoms with Crippen molar-refractivity contribution in [1.82, 2.24) is 9.97 Å². The molecule has 0 amide bonds. The summed E-state index contributed by atoms with van der Waals surface area (Å²) in [7, 11) is 0. The number of aryl methyl sites for hydroxylation is 2. The third-order valence-corrected chi connectivity index (χ3v) is 3.15. The highest BCUT2D eigenvalue weighted by molar-refractivity contribution is 9.09. The maximum atomic E-state index is 4.44. The van der Waals surface area contributed by atoms with Gasteiger partial charge in [-0.2, -0.15) is 0 Å². The second-order valence-electron chi connectivity index (χ2n) is 3.75. The average molecular weight is 256 g/mol. The summed E-state index contributed by atoms with van der Waals surface area (Å²) in [5.74, 6) is 1.93. The first kappa shape index (κ1) is 9.90. The van der Waals surface area contributed by atoms with Crippen LogP contribution in [0.2, 0.25) is 0 Å². The van der Waals surface area contributed by atoms with E-state index in [-0.39, 0.29) is 0 Å². The number of rotatable bonds is 1. The summed E-state index contributed by atoms with van der Waals surface area (Å²) in [6.07, 6.45) is 1.20. The van der Waals surface area contributed by atoms with E-state index in [0.29, 0.717) is 4.83 Å². The monoisotopic (exact) mass is 255 g/mol. The lowest BCUT2D eigenvalue weighted by atomic mass is 10.4. The van der Waals surface area contributed by atoms with Gasteiger partial charge in [-0.15, -0.1) is 0 Å². The average Bonchev–Trinajstić information content (AvgIpc) is 2.50. The number of nitrogens with zero attached hydrogens (tertiary/aromatic N) is 3. The lowest BCUT2D eigenvalue weighted by Gasteiger charge is -2.17. The van der Waals surface area contributed by atoms with Gasteiger partial charge in [-0.1, -0.05) is 15.9 Å². The summed E-state index contributed by atoms with van der Waals surface area (Å²) < 4.78 is 0. The van der Waals surface area contributed by atoms with Crippen molar-refractivity contribution < 1.29 is 0 Å². The molecule has 1 aromatic heterocycles. The van der Waals surface area contributed by atoms with Crippen LogP contribution in [0.5, 0.6) is 0 Å². The van der Waals surface area contributed by atoms with Gasteiger partial charge in [-0.05, 0) is 20.3 Å². The fraction of sp³-hybridized carbons (Fsp3) is 0.600. The maximum absolute atomic E-state index is 4.44. The quantitative estimate of drug-likeness (QED) is 0.720. The Morgan fingerprint density at radius 3 is 2.79 bits per heavy atom. The van der Waals surface area contributed by atoms with Gasteiger partial charge < -0.3 is 4.90 Å². The Hall–Kier alpha value is -0.640. The van der Waals surface area contributed by atoms with Crippen LogP contribution in [0, 0.1) is 13.8 Å². The van der Waals surface area contributed by atoms with Gasteiger partial charge in [-0.25, -0.2) is 9.97 Å². The smallest absolute Gasteiger partial charge is 0.132 e. The van der Waals surface area contributed by atoms with E-state index in [1.807, 2.05) is 13.8 Å². The molecule has 0 N–H and O–H groups in total. The van der Waals surface area contributed by atoms with Gasteiger partial charge in [0.25, 0.3) is 0 Å². The standard InChI is InChI=1S/C10H14BrN3/c1-7-5-10(13-8(2)12-7)14-4-3-9(11)6-14/h5,9H,3-4,6H2,1-2H3. The van der Waals surface area contributed by atoms with E-state index >= 15 is 0 Å². The maximum Gasteiger partial charge on any atom is 0.132 e. The number of hydrogen-bond donors (Lipinski definition) is 0. The molecular weight excluding hydrogens is 242 g/mol. The molecule has 1 aliphatic rings. The zero-order valence-electron chi connectivity index (χ0n) is 8.50. The molecule has 14 heavy (non-hydrogen) atoms. The molecular formula is C10H14BrN3. The van der Waals surface area contributed by atoms with Gasteiger partial charge in [0.15, 0.2) is 0 Å². The molecule has 2 heterocycles. The van der Waals surface area contributed by atoms with Gasteiger partial charge >= 0.3 is 0 Å². The Bertz CT molecular complexity index is 320. The number of alkyl halides is 1. The summed E-state index contributed by atoms with van der Waals surface area (Å²) in [4.78, 5) is 11.6. The molecule has 0 aromatic carbocycles. The Kier molecular flexibility index (Phi) is 2.72. The second-order valence-corrected chi connectivity index (χ2v) is 5.04. The van der Waals surface area contributed by atoms with Gasteiger partial charge in [-0.3, -0.25) is 0 Å². The summed E-state index contributed by atoms with van der Waals surface area (Å²) in [6.45, 7) is 6.10. The van der Waals surface area contributed by atoms with Crippen LogP contribution in [0.1, 0.15) is 17.9 Å². The molecule has 1 saturated heterocycles. The van der Waals surface area contributed by atoms with Crippen molar-refractivity contribution in [3.63, 3.8) is 0 Å². The lowest BCUT2D eigenvalue weighted by Crippen LogP contribution is -2.21. The van der Waals surface area contributed by atoms with Gasteiger partial charge in [0, 0.05) is 29.7 Å². The van der Waals surface area contributed by atoms with E-state index in [0.717, 1.165) is 30.4 Å². The van der Waals surface area contributed by atoms with Gasteiger partial charge in [0.1, 0.15) is 11.6 Å².